The molecule has 1 rings (SSSR count). The first-order valence-corrected chi connectivity index (χ1v) is 8.40. The Morgan fingerprint density at radius 1 is 0.893 bits per heavy atom. The van der Waals surface area contributed by atoms with E-state index in [1.165, 1.54) is 0 Å². The molecule has 11 heteroatoms. The predicted octanol–water partition coefficient (Wildman–Crippen LogP) is -3.29. The van der Waals surface area contributed by atoms with Gasteiger partial charge in [-0.15, -0.1) is 0 Å². The second kappa shape index (κ2) is 11.6. The van der Waals surface area contributed by atoms with Crippen LogP contribution in [-0.2, 0) is 25.6 Å². The Hall–Kier alpha value is -3.02. The molecule has 154 valence electrons. The molecule has 3 amide bonds. The summed E-state index contributed by atoms with van der Waals surface area (Å²) in [6.07, 6.45) is 0.212. The van der Waals surface area contributed by atoms with E-state index in [4.69, 9.17) is 10.8 Å². The lowest BCUT2D eigenvalue weighted by Crippen LogP contribution is -2.58. The van der Waals surface area contributed by atoms with Gasteiger partial charge in [0.25, 0.3) is 0 Å². The van der Waals surface area contributed by atoms with Crippen molar-refractivity contribution in [1.82, 2.24) is 16.0 Å². The Morgan fingerprint density at radius 2 is 1.43 bits per heavy atom. The van der Waals surface area contributed by atoms with Crippen molar-refractivity contribution in [1.29, 1.82) is 0 Å². The summed E-state index contributed by atoms with van der Waals surface area (Å²) in [5.74, 6) is -3.85. The highest BCUT2D eigenvalue weighted by atomic mass is 16.4. The highest BCUT2D eigenvalue weighted by Gasteiger charge is 2.27. The van der Waals surface area contributed by atoms with Crippen LogP contribution < -0.4 is 21.7 Å². The number of hydrogen-bond acceptors (Lipinski definition) is 7. The second-order valence-electron chi connectivity index (χ2n) is 5.90. The summed E-state index contributed by atoms with van der Waals surface area (Å²) in [5.41, 5.74) is 6.62. The van der Waals surface area contributed by atoms with E-state index in [0.717, 1.165) is 5.56 Å². The average Bonchev–Trinajstić information content (AvgIpc) is 2.68. The molecule has 0 bridgehead atoms. The Balaban J connectivity index is 2.62. The van der Waals surface area contributed by atoms with Gasteiger partial charge in [-0.2, -0.15) is 0 Å². The van der Waals surface area contributed by atoms with E-state index in [0.29, 0.717) is 0 Å². The average molecular weight is 396 g/mol. The molecule has 0 fully saturated rings. The number of aliphatic hydroxyl groups is 2. The molecule has 1 aromatic carbocycles. The number of nitrogens with two attached hydrogens (primary N) is 1. The minimum Gasteiger partial charge on any atom is -0.480 e. The summed E-state index contributed by atoms with van der Waals surface area (Å²) in [4.78, 5) is 46.5. The molecule has 0 aliphatic heterocycles. The van der Waals surface area contributed by atoms with E-state index in [2.05, 4.69) is 10.6 Å². The quantitative estimate of drug-likeness (QED) is 0.202. The third-order valence-electron chi connectivity index (χ3n) is 3.68. The van der Waals surface area contributed by atoms with Crippen LogP contribution in [-0.4, -0.2) is 76.9 Å². The van der Waals surface area contributed by atoms with Crippen LogP contribution in [0.4, 0.5) is 0 Å². The van der Waals surface area contributed by atoms with Crippen molar-refractivity contribution in [2.75, 3.05) is 19.8 Å². The second-order valence-corrected chi connectivity index (χ2v) is 5.90. The molecular weight excluding hydrogens is 372 g/mol. The Bertz CT molecular complexity index is 683. The molecule has 0 saturated heterocycles. The summed E-state index contributed by atoms with van der Waals surface area (Å²) in [6, 6.07) is 5.12. The molecule has 0 aliphatic rings. The molecule has 1 aromatic rings. The molecule has 28 heavy (non-hydrogen) atoms. The number of rotatable bonds is 11. The lowest BCUT2D eigenvalue weighted by molar-refractivity contribution is -0.139. The van der Waals surface area contributed by atoms with Gasteiger partial charge in [-0.25, -0.2) is 0 Å². The first-order chi connectivity index (χ1) is 13.3. The number of aliphatic carboxylic acids is 1. The van der Waals surface area contributed by atoms with Gasteiger partial charge in [0.15, 0.2) is 0 Å². The number of carbonyl (C=O) groups is 4. The van der Waals surface area contributed by atoms with Crippen LogP contribution in [0.5, 0.6) is 0 Å². The summed E-state index contributed by atoms with van der Waals surface area (Å²) >= 11 is 0. The zero-order valence-electron chi connectivity index (χ0n) is 15.0. The van der Waals surface area contributed by atoms with E-state index >= 15 is 0 Å². The van der Waals surface area contributed by atoms with Crippen molar-refractivity contribution in [2.24, 2.45) is 5.73 Å². The number of carbonyl (C=O) groups excluding carboxylic acids is 3. The van der Waals surface area contributed by atoms with Gasteiger partial charge in [0.1, 0.15) is 18.6 Å². The van der Waals surface area contributed by atoms with Gasteiger partial charge >= 0.3 is 5.97 Å². The highest BCUT2D eigenvalue weighted by molar-refractivity contribution is 5.93. The lowest BCUT2D eigenvalue weighted by atomic mass is 10.1. The fourth-order valence-electron chi connectivity index (χ4n) is 2.19. The zero-order chi connectivity index (χ0) is 21.1. The molecular formula is C17H24N4O7. The van der Waals surface area contributed by atoms with Crippen LogP contribution in [0.2, 0.25) is 0 Å². The molecule has 0 saturated carbocycles. The number of hydrogen-bond donors (Lipinski definition) is 7. The van der Waals surface area contributed by atoms with Gasteiger partial charge in [-0.3, -0.25) is 19.2 Å². The minimum absolute atomic E-state index is 0.212. The van der Waals surface area contributed by atoms with Gasteiger partial charge in [0, 0.05) is 0 Å². The third kappa shape index (κ3) is 7.70. The highest BCUT2D eigenvalue weighted by Crippen LogP contribution is 2.02. The van der Waals surface area contributed by atoms with E-state index in [9.17, 15) is 29.4 Å². The van der Waals surface area contributed by atoms with Crippen molar-refractivity contribution in [2.45, 2.75) is 24.5 Å². The van der Waals surface area contributed by atoms with Crippen molar-refractivity contribution in [3.05, 3.63) is 35.9 Å². The van der Waals surface area contributed by atoms with Crippen molar-refractivity contribution in [3.8, 4) is 0 Å². The maximum absolute atomic E-state index is 12.2. The van der Waals surface area contributed by atoms with Crippen LogP contribution in [0.15, 0.2) is 30.3 Å². The Labute approximate surface area is 160 Å². The molecule has 3 unspecified atom stereocenters. The van der Waals surface area contributed by atoms with Crippen LogP contribution in [0.3, 0.4) is 0 Å². The van der Waals surface area contributed by atoms with Gasteiger partial charge in [0.2, 0.25) is 17.7 Å². The summed E-state index contributed by atoms with van der Waals surface area (Å²) in [6.45, 7) is -2.28. The fraction of sp³-hybridized carbons (Fsp3) is 0.412. The summed E-state index contributed by atoms with van der Waals surface area (Å²) in [7, 11) is 0. The first kappa shape index (κ1) is 23.0. The number of amides is 3. The number of nitrogens with one attached hydrogen (secondary N) is 3. The molecule has 8 N–H and O–H groups in total. The molecule has 11 nitrogen and oxygen atoms in total. The van der Waals surface area contributed by atoms with E-state index in [1.54, 1.807) is 24.3 Å². The van der Waals surface area contributed by atoms with E-state index in [1.807, 2.05) is 11.4 Å². The monoisotopic (exact) mass is 396 g/mol. The minimum atomic E-state index is -1.45. The van der Waals surface area contributed by atoms with Crippen LogP contribution in [0.1, 0.15) is 5.56 Å². The van der Waals surface area contributed by atoms with Crippen LogP contribution >= 0.6 is 0 Å². The predicted molar refractivity (Wildman–Crippen MR) is 96.8 cm³/mol. The SMILES string of the molecule is NC(Cc1ccccc1)C(=O)NC(CO)C(=O)NC(CO)C(=O)NCC(=O)O. The zero-order valence-corrected chi connectivity index (χ0v) is 15.0. The Morgan fingerprint density at radius 3 is 1.96 bits per heavy atom. The van der Waals surface area contributed by atoms with Crippen molar-refractivity contribution < 1.29 is 34.5 Å². The third-order valence-corrected chi connectivity index (χ3v) is 3.68. The number of carboxylic acid groups (broad SMARTS) is 1. The molecule has 0 aromatic heterocycles. The van der Waals surface area contributed by atoms with Crippen molar-refractivity contribution >= 4 is 23.7 Å². The fourth-order valence-corrected chi connectivity index (χ4v) is 2.19. The molecule has 3 atom stereocenters. The van der Waals surface area contributed by atoms with Crippen LogP contribution in [0, 0.1) is 0 Å². The van der Waals surface area contributed by atoms with Crippen LogP contribution in [0.25, 0.3) is 0 Å². The van der Waals surface area contributed by atoms with Gasteiger partial charge < -0.3 is 37.0 Å². The molecule has 0 heterocycles. The van der Waals surface area contributed by atoms with Gasteiger partial charge in [-0.1, -0.05) is 30.3 Å². The summed E-state index contributed by atoms with van der Waals surface area (Å²) < 4.78 is 0. The Kier molecular flexibility index (Phi) is 9.57. The molecule has 0 radical (unpaired) electrons. The van der Waals surface area contributed by atoms with Gasteiger partial charge in [-0.05, 0) is 12.0 Å². The largest absolute Gasteiger partial charge is 0.480 e. The van der Waals surface area contributed by atoms with Crippen molar-refractivity contribution in [3.63, 3.8) is 0 Å². The molecule has 0 aliphatic carbocycles. The number of benzene rings is 1. The smallest absolute Gasteiger partial charge is 0.322 e. The molecule has 0 spiro atoms. The maximum atomic E-state index is 12.2. The first-order valence-electron chi connectivity index (χ1n) is 8.40. The normalized spacial score (nSPS) is 13.7. The van der Waals surface area contributed by atoms with Gasteiger partial charge in [0.05, 0.1) is 19.3 Å². The number of carboxylic acids is 1. The topological polar surface area (TPSA) is 191 Å². The lowest BCUT2D eigenvalue weighted by Gasteiger charge is -2.22. The summed E-state index contributed by atoms with van der Waals surface area (Å²) in [5, 5.41) is 33.5. The standard InChI is InChI=1S/C17H24N4O7/c18-11(6-10-4-2-1-3-5-10)15(26)20-13(9-23)17(28)21-12(8-22)16(27)19-7-14(24)25/h1-5,11-13,22-23H,6-9,18H2,(H,19,27)(H,20,26)(H,21,28)(H,24,25). The number of aliphatic hydroxyl groups excluding tert-OH is 2. The maximum Gasteiger partial charge on any atom is 0.322 e. The van der Waals surface area contributed by atoms with E-state index < -0.39 is 61.6 Å². The van der Waals surface area contributed by atoms with E-state index in [-0.39, 0.29) is 6.42 Å².